The van der Waals surface area contributed by atoms with Crippen molar-refractivity contribution in [3.8, 4) is 44.5 Å². The van der Waals surface area contributed by atoms with E-state index in [0.717, 1.165) is 111 Å². The van der Waals surface area contributed by atoms with E-state index in [0.29, 0.717) is 10.8 Å². The highest BCUT2D eigenvalue weighted by atomic mass is 16.2. The van der Waals surface area contributed by atoms with E-state index >= 15 is 19.2 Å². The van der Waals surface area contributed by atoms with Crippen molar-refractivity contribution < 1.29 is 28.8 Å². The van der Waals surface area contributed by atoms with Gasteiger partial charge in [-0.05, 0) is 221 Å². The first kappa shape index (κ1) is 71.8. The zero-order chi connectivity index (χ0) is 75.1. The predicted octanol–water partition coefficient (Wildman–Crippen LogP) is 20.5. The molecule has 0 saturated carbocycles. The highest BCUT2D eigenvalue weighted by Crippen LogP contribution is 2.41. The van der Waals surface area contributed by atoms with Crippen LogP contribution in [0.3, 0.4) is 0 Å². The smallest absolute Gasteiger partial charge is 0.254 e. The molecule has 0 aliphatic heterocycles. The van der Waals surface area contributed by atoms with Crippen LogP contribution in [0.2, 0.25) is 0 Å². The van der Waals surface area contributed by atoms with Crippen molar-refractivity contribution in [3.63, 3.8) is 0 Å². The second-order valence-electron chi connectivity index (χ2n) is 28.5. The Morgan fingerprint density at radius 2 is 0.528 bits per heavy atom. The first-order valence-corrected chi connectivity index (χ1v) is 35.8. The minimum atomic E-state index is -0.843. The molecule has 2 heterocycles. The molecule has 4 N–H and O–H groups in total. The van der Waals surface area contributed by atoms with Gasteiger partial charge in [0.25, 0.3) is 11.8 Å². The summed E-state index contributed by atoms with van der Waals surface area (Å²) in [6.07, 6.45) is 0. The van der Waals surface area contributed by atoms with Crippen LogP contribution in [0.25, 0.3) is 66.3 Å². The average Bonchev–Trinajstić information content (AvgIpc) is 0.770. The van der Waals surface area contributed by atoms with E-state index in [-0.39, 0.29) is 55.8 Å². The Morgan fingerprint density at radius 1 is 0.283 bits per heavy atom. The molecule has 0 aliphatic carbocycles. The maximum atomic E-state index is 15.8. The molecule has 0 radical (unpaired) electrons. The molecule has 12 heteroatoms. The molecule has 0 saturated heterocycles. The highest BCUT2D eigenvalue weighted by molar-refractivity contribution is 6.15. The maximum Gasteiger partial charge on any atom is 0.254 e. The third-order valence-electron chi connectivity index (χ3n) is 20.9. The number of aryl methyl sites for hydroxylation is 8. The van der Waals surface area contributed by atoms with Gasteiger partial charge in [0.1, 0.15) is 11.4 Å². The summed E-state index contributed by atoms with van der Waals surface area (Å²) in [6.45, 7) is 24.4. The first-order chi connectivity index (χ1) is 50.8. The van der Waals surface area contributed by atoms with Gasteiger partial charge in [0.05, 0.1) is 35.2 Å². The van der Waals surface area contributed by atoms with Crippen molar-refractivity contribution in [1.29, 1.82) is 0 Å². The molecule has 106 heavy (non-hydrogen) atoms. The Hall–Kier alpha value is -12.5. The molecule has 0 fully saturated rings. The molecular formula is C94H84N6O6. The number of rotatable bonds is 20. The Labute approximate surface area is 619 Å². The molecule has 0 spiro atoms. The standard InChI is InChI=1S/C94H84N6O6/c1-53-17-13-21-67(39-53)71-27-33-81(57(5)43-71)61(9)99(62(10)82-34-28-72(44-58(82)6)68-22-14-18-54(2)40-68)93(105)79-49-75(47-77(51-79)91(95)103)89(101)85-37-31-65-25-26-66-32-38-86(98-88(66)87(65)97-85)90(102)76-48-78(92(96)104)52-80(50-76)94(106)100(63(11)83-35-29-73(45-59(83)7)69-23-15-19-55(3)41-69)64(12)84-36-30-74(46-60(84)8)70-24-16-20-56(4)42-70/h13-52,61-64H,1-12H3,(H2,95,103)(H2,96,104)/t61-,62-,63-,64-/m1/s1. The van der Waals surface area contributed by atoms with Gasteiger partial charge in [-0.25, -0.2) is 9.97 Å². The van der Waals surface area contributed by atoms with E-state index in [9.17, 15) is 9.59 Å². The Morgan fingerprint density at radius 3 is 0.783 bits per heavy atom. The number of primary amides is 2. The summed E-state index contributed by atoms with van der Waals surface area (Å²) >= 11 is 0. The number of ketones is 2. The fourth-order valence-corrected chi connectivity index (χ4v) is 15.2. The van der Waals surface area contributed by atoms with E-state index in [2.05, 4.69) is 173 Å². The average molecular weight is 1390 g/mol. The van der Waals surface area contributed by atoms with Crippen LogP contribution in [0.15, 0.2) is 243 Å². The number of pyridine rings is 2. The summed E-state index contributed by atoms with van der Waals surface area (Å²) in [5, 5.41) is 1.19. The van der Waals surface area contributed by atoms with Crippen molar-refractivity contribution in [3.05, 3.63) is 354 Å². The van der Waals surface area contributed by atoms with Crippen LogP contribution in [-0.4, -0.2) is 55.0 Å². The summed E-state index contributed by atoms with van der Waals surface area (Å²) in [5.41, 5.74) is 33.2. The third-order valence-corrected chi connectivity index (χ3v) is 20.9. The van der Waals surface area contributed by atoms with Gasteiger partial charge in [0.15, 0.2) is 0 Å². The number of aromatic nitrogens is 2. The van der Waals surface area contributed by atoms with Gasteiger partial charge >= 0.3 is 0 Å². The van der Waals surface area contributed by atoms with Crippen molar-refractivity contribution in [2.24, 2.45) is 11.5 Å². The lowest BCUT2D eigenvalue weighted by Crippen LogP contribution is -2.37. The molecule has 11 aromatic carbocycles. The summed E-state index contributed by atoms with van der Waals surface area (Å²) in [5.74, 6) is -3.78. The van der Waals surface area contributed by atoms with Crippen LogP contribution in [-0.2, 0) is 0 Å². The van der Waals surface area contributed by atoms with Crippen molar-refractivity contribution >= 4 is 57.0 Å². The fraction of sp³-hybridized carbons (Fsp3) is 0.170. The maximum absolute atomic E-state index is 15.8. The molecule has 13 aromatic rings. The molecule has 0 unspecified atom stereocenters. The van der Waals surface area contributed by atoms with E-state index in [4.69, 9.17) is 21.4 Å². The lowest BCUT2D eigenvalue weighted by Gasteiger charge is -2.37. The number of carbonyl (C=O) groups excluding carboxylic acids is 6. The van der Waals surface area contributed by atoms with E-state index < -0.39 is 59.4 Å². The molecule has 2 aromatic heterocycles. The molecule has 13 rings (SSSR count). The second-order valence-corrected chi connectivity index (χ2v) is 28.5. The number of carbonyl (C=O) groups is 6. The minimum absolute atomic E-state index is 0.00689. The lowest BCUT2D eigenvalue weighted by atomic mass is 9.91. The Balaban J connectivity index is 0.848. The number of benzene rings is 11. The summed E-state index contributed by atoms with van der Waals surface area (Å²) in [6, 6.07) is 75.1. The summed E-state index contributed by atoms with van der Waals surface area (Å²) < 4.78 is 0. The molecule has 12 nitrogen and oxygen atoms in total. The number of hydrogen-bond donors (Lipinski definition) is 2. The van der Waals surface area contributed by atoms with Crippen molar-refractivity contribution in [1.82, 2.24) is 19.8 Å². The van der Waals surface area contributed by atoms with Crippen LogP contribution >= 0.6 is 0 Å². The Kier molecular flexibility index (Phi) is 20.1. The minimum Gasteiger partial charge on any atom is -0.366 e. The number of nitrogens with two attached hydrogens (primary N) is 2. The highest BCUT2D eigenvalue weighted by Gasteiger charge is 2.34. The van der Waals surface area contributed by atoms with Gasteiger partial charge in [-0.3, -0.25) is 28.8 Å². The van der Waals surface area contributed by atoms with Crippen LogP contribution in [0.4, 0.5) is 0 Å². The zero-order valence-electron chi connectivity index (χ0n) is 61.8. The van der Waals surface area contributed by atoms with E-state index in [1.54, 1.807) is 24.3 Å². The lowest BCUT2D eigenvalue weighted by molar-refractivity contribution is 0.0594. The van der Waals surface area contributed by atoms with Gasteiger partial charge in [-0.1, -0.05) is 216 Å². The number of fused-ring (bicyclic) bond motifs is 3. The third kappa shape index (κ3) is 14.6. The summed E-state index contributed by atoms with van der Waals surface area (Å²) in [7, 11) is 0. The normalized spacial score (nSPS) is 12.5. The first-order valence-electron chi connectivity index (χ1n) is 35.8. The fourth-order valence-electron chi connectivity index (χ4n) is 15.2. The van der Waals surface area contributed by atoms with Gasteiger partial charge in [-0.2, -0.15) is 0 Å². The van der Waals surface area contributed by atoms with Crippen LogP contribution in [0.5, 0.6) is 0 Å². The Bertz CT molecular complexity index is 5200. The van der Waals surface area contributed by atoms with Gasteiger partial charge in [0.2, 0.25) is 23.4 Å². The SMILES string of the molecule is Cc1cccc(-c2ccc([C@@H](C)N(C(=O)c3cc(C(N)=O)cc(C(=O)c4ccc5ccc6ccc(C(=O)c7cc(C(N)=O)cc(C(=O)N([C@H](C)c8ccc(-c9cccc(C)c9)cc8C)[C@H](C)c8ccc(-c9cccc(C)c9)cc8C)c7)nc6c5n4)c3)[C@H](C)c3ccc(-c4cccc(C)c4)cc3C)c(C)c2)c1. The zero-order valence-corrected chi connectivity index (χ0v) is 61.8. The number of amides is 4. The van der Waals surface area contributed by atoms with Crippen LogP contribution in [0, 0.1) is 55.4 Å². The molecule has 4 amide bonds. The van der Waals surface area contributed by atoms with Crippen molar-refractivity contribution in [2.75, 3.05) is 0 Å². The van der Waals surface area contributed by atoms with E-state index in [1.165, 1.54) is 36.4 Å². The quantitative estimate of drug-likeness (QED) is 0.0557. The number of nitrogens with zero attached hydrogens (tertiary/aromatic N) is 4. The molecule has 0 bridgehead atoms. The molecule has 526 valence electrons. The van der Waals surface area contributed by atoms with Crippen LogP contribution < -0.4 is 11.5 Å². The molecular weight excluding hydrogens is 1310 g/mol. The largest absolute Gasteiger partial charge is 0.366 e. The van der Waals surface area contributed by atoms with Crippen LogP contribution in [0.1, 0.15) is 192 Å². The number of hydrogen-bond acceptors (Lipinski definition) is 8. The van der Waals surface area contributed by atoms with E-state index in [1.807, 2.05) is 102 Å². The second kappa shape index (κ2) is 29.7. The van der Waals surface area contributed by atoms with Gasteiger partial charge in [-0.15, -0.1) is 0 Å². The molecule has 0 aliphatic rings. The van der Waals surface area contributed by atoms with Gasteiger partial charge < -0.3 is 21.3 Å². The van der Waals surface area contributed by atoms with Crippen molar-refractivity contribution in [2.45, 2.75) is 107 Å². The topological polar surface area (TPSA) is 187 Å². The van der Waals surface area contributed by atoms with Gasteiger partial charge in [0, 0.05) is 44.2 Å². The monoisotopic (exact) mass is 1390 g/mol. The molecule has 4 atom stereocenters. The summed E-state index contributed by atoms with van der Waals surface area (Å²) in [4.78, 5) is 102. The predicted molar refractivity (Wildman–Crippen MR) is 425 cm³/mol.